The Kier molecular flexibility index (Phi) is 6.16. The smallest absolute Gasteiger partial charge is 0.254 e. The largest absolute Gasteiger partial charge is 0.495 e. The number of ether oxygens (including phenoxy) is 2. The average molecular weight is 358 g/mol. The van der Waals surface area contributed by atoms with Gasteiger partial charge in [0.1, 0.15) is 10.6 Å². The standard InChI is InChI=1S/C15H22N2O6S/c1-11(18)10-16-24(20,21)14-9-12(3-4-13(14)22-2)15(19)17-5-7-23-8-6-17/h3-4,9,11,16,18H,5-8,10H2,1-2H3/t11-/m1/s1. The maximum Gasteiger partial charge on any atom is 0.254 e. The highest BCUT2D eigenvalue weighted by molar-refractivity contribution is 7.89. The molecule has 1 amide bonds. The van der Waals surface area contributed by atoms with Gasteiger partial charge < -0.3 is 19.5 Å². The summed E-state index contributed by atoms with van der Waals surface area (Å²) in [5.41, 5.74) is 0.259. The third-order valence-electron chi connectivity index (χ3n) is 3.57. The minimum Gasteiger partial charge on any atom is -0.495 e. The normalized spacial score (nSPS) is 16.7. The lowest BCUT2D eigenvalue weighted by atomic mass is 10.2. The second-order valence-corrected chi connectivity index (χ2v) is 7.21. The maximum absolute atomic E-state index is 12.5. The SMILES string of the molecule is COc1ccc(C(=O)N2CCOCC2)cc1S(=O)(=O)NC[C@@H](C)O. The summed E-state index contributed by atoms with van der Waals surface area (Å²) in [7, 11) is -2.56. The van der Waals surface area contributed by atoms with Gasteiger partial charge in [-0.15, -0.1) is 0 Å². The van der Waals surface area contributed by atoms with Crippen LogP contribution in [0.3, 0.4) is 0 Å². The van der Waals surface area contributed by atoms with Crippen LogP contribution >= 0.6 is 0 Å². The van der Waals surface area contributed by atoms with Crippen LogP contribution in [0, 0.1) is 0 Å². The first-order valence-electron chi connectivity index (χ1n) is 7.58. The van der Waals surface area contributed by atoms with Gasteiger partial charge in [-0.25, -0.2) is 13.1 Å². The van der Waals surface area contributed by atoms with E-state index >= 15 is 0 Å². The quantitative estimate of drug-likeness (QED) is 0.731. The Bertz CT molecular complexity index is 683. The van der Waals surface area contributed by atoms with Crippen LogP contribution in [0.1, 0.15) is 17.3 Å². The molecule has 0 radical (unpaired) electrons. The Morgan fingerprint density at radius 1 is 1.42 bits per heavy atom. The molecule has 1 fully saturated rings. The van der Waals surface area contributed by atoms with Gasteiger partial charge in [-0.05, 0) is 25.1 Å². The molecule has 0 aliphatic carbocycles. The monoisotopic (exact) mass is 358 g/mol. The second-order valence-electron chi connectivity index (χ2n) is 5.47. The number of hydrogen-bond acceptors (Lipinski definition) is 6. The minimum atomic E-state index is -3.92. The van der Waals surface area contributed by atoms with E-state index in [1.807, 2.05) is 0 Å². The van der Waals surface area contributed by atoms with Gasteiger partial charge in [0.2, 0.25) is 10.0 Å². The van der Waals surface area contributed by atoms with E-state index in [4.69, 9.17) is 9.47 Å². The summed E-state index contributed by atoms with van der Waals surface area (Å²) in [6, 6.07) is 4.27. The number of aliphatic hydroxyl groups is 1. The molecule has 24 heavy (non-hydrogen) atoms. The van der Waals surface area contributed by atoms with E-state index in [1.54, 1.807) is 4.90 Å². The summed E-state index contributed by atoms with van der Waals surface area (Å²) in [4.78, 5) is 14.0. The molecular formula is C15H22N2O6S. The molecule has 0 unspecified atom stereocenters. The van der Waals surface area contributed by atoms with Crippen molar-refractivity contribution in [1.29, 1.82) is 0 Å². The topological polar surface area (TPSA) is 105 Å². The molecular weight excluding hydrogens is 336 g/mol. The van der Waals surface area contributed by atoms with Crippen molar-refractivity contribution in [2.45, 2.75) is 17.9 Å². The minimum absolute atomic E-state index is 0.131. The Hall–Kier alpha value is -1.68. The lowest BCUT2D eigenvalue weighted by Gasteiger charge is -2.27. The Morgan fingerprint density at radius 2 is 2.08 bits per heavy atom. The van der Waals surface area contributed by atoms with Crippen LogP contribution in [0.5, 0.6) is 5.75 Å². The molecule has 1 saturated heterocycles. The van der Waals surface area contributed by atoms with E-state index in [1.165, 1.54) is 32.2 Å². The Balaban J connectivity index is 2.31. The molecule has 1 aliphatic heterocycles. The lowest BCUT2D eigenvalue weighted by molar-refractivity contribution is 0.0302. The number of rotatable bonds is 6. The summed E-state index contributed by atoms with van der Waals surface area (Å²) < 4.78 is 37.4. The molecule has 1 heterocycles. The van der Waals surface area contributed by atoms with Gasteiger partial charge in [-0.3, -0.25) is 4.79 Å². The third-order valence-corrected chi connectivity index (χ3v) is 5.01. The molecule has 2 N–H and O–H groups in total. The van der Waals surface area contributed by atoms with E-state index < -0.39 is 16.1 Å². The van der Waals surface area contributed by atoms with Crippen LogP contribution in [-0.4, -0.2) is 70.4 Å². The Morgan fingerprint density at radius 3 is 2.67 bits per heavy atom. The van der Waals surface area contributed by atoms with Crippen LogP contribution in [0.15, 0.2) is 23.1 Å². The van der Waals surface area contributed by atoms with E-state index in [9.17, 15) is 18.3 Å². The number of aliphatic hydroxyl groups excluding tert-OH is 1. The summed E-state index contributed by atoms with van der Waals surface area (Å²) in [6.07, 6.45) is -0.830. The van der Waals surface area contributed by atoms with Crippen molar-refractivity contribution < 1.29 is 27.8 Å². The molecule has 1 atom stereocenters. The van der Waals surface area contributed by atoms with Crippen LogP contribution in [0.2, 0.25) is 0 Å². The van der Waals surface area contributed by atoms with Crippen molar-refractivity contribution in [2.24, 2.45) is 0 Å². The van der Waals surface area contributed by atoms with Crippen LogP contribution in [0.4, 0.5) is 0 Å². The van der Waals surface area contributed by atoms with Crippen LogP contribution in [0.25, 0.3) is 0 Å². The van der Waals surface area contributed by atoms with Crippen molar-refractivity contribution >= 4 is 15.9 Å². The molecule has 134 valence electrons. The number of hydrogen-bond donors (Lipinski definition) is 2. The maximum atomic E-state index is 12.5. The highest BCUT2D eigenvalue weighted by Gasteiger charge is 2.24. The van der Waals surface area contributed by atoms with E-state index in [2.05, 4.69) is 4.72 Å². The molecule has 1 aliphatic rings. The molecule has 0 bridgehead atoms. The zero-order valence-electron chi connectivity index (χ0n) is 13.7. The van der Waals surface area contributed by atoms with Crippen LogP contribution in [-0.2, 0) is 14.8 Å². The van der Waals surface area contributed by atoms with Crippen molar-refractivity contribution in [3.05, 3.63) is 23.8 Å². The molecule has 9 heteroatoms. The predicted molar refractivity (Wildman–Crippen MR) is 86.6 cm³/mol. The zero-order chi connectivity index (χ0) is 17.7. The molecule has 0 saturated carbocycles. The number of carbonyl (C=O) groups is 1. The van der Waals surface area contributed by atoms with Gasteiger partial charge in [0, 0.05) is 25.2 Å². The van der Waals surface area contributed by atoms with Gasteiger partial charge >= 0.3 is 0 Å². The molecule has 8 nitrogen and oxygen atoms in total. The second kappa shape index (κ2) is 7.93. The van der Waals surface area contributed by atoms with E-state index in [0.29, 0.717) is 26.3 Å². The number of methoxy groups -OCH3 is 1. The number of benzene rings is 1. The molecule has 0 aromatic heterocycles. The first-order valence-corrected chi connectivity index (χ1v) is 9.06. The summed E-state index contributed by atoms with van der Waals surface area (Å²) in [5.74, 6) is -0.125. The number of nitrogens with one attached hydrogen (secondary N) is 1. The van der Waals surface area contributed by atoms with Gasteiger partial charge in [-0.2, -0.15) is 0 Å². The zero-order valence-corrected chi connectivity index (χ0v) is 14.5. The first-order chi connectivity index (χ1) is 11.3. The van der Waals surface area contributed by atoms with Crippen molar-refractivity contribution in [2.75, 3.05) is 40.0 Å². The van der Waals surface area contributed by atoms with Gasteiger partial charge in [-0.1, -0.05) is 0 Å². The predicted octanol–water partition coefficient (Wildman–Crippen LogP) is -0.173. The van der Waals surface area contributed by atoms with Crippen molar-refractivity contribution in [3.63, 3.8) is 0 Å². The Labute approximate surface area is 141 Å². The highest BCUT2D eigenvalue weighted by atomic mass is 32.2. The van der Waals surface area contributed by atoms with Gasteiger partial charge in [0.15, 0.2) is 0 Å². The molecule has 0 spiro atoms. The summed E-state index contributed by atoms with van der Waals surface area (Å²) in [6.45, 7) is 3.19. The van der Waals surface area contributed by atoms with Crippen molar-refractivity contribution in [1.82, 2.24) is 9.62 Å². The van der Waals surface area contributed by atoms with Crippen molar-refractivity contribution in [3.8, 4) is 5.75 Å². The summed E-state index contributed by atoms with van der Waals surface area (Å²) >= 11 is 0. The fraction of sp³-hybridized carbons (Fsp3) is 0.533. The molecule has 1 aromatic carbocycles. The van der Waals surface area contributed by atoms with Crippen LogP contribution < -0.4 is 9.46 Å². The van der Waals surface area contributed by atoms with E-state index in [0.717, 1.165) is 0 Å². The fourth-order valence-corrected chi connectivity index (χ4v) is 3.59. The average Bonchev–Trinajstić information content (AvgIpc) is 2.59. The summed E-state index contributed by atoms with van der Waals surface area (Å²) in [5, 5.41) is 9.27. The van der Waals surface area contributed by atoms with E-state index in [-0.39, 0.29) is 28.7 Å². The third kappa shape index (κ3) is 4.44. The number of nitrogens with zero attached hydrogens (tertiary/aromatic N) is 1. The number of morpholine rings is 1. The molecule has 1 aromatic rings. The lowest BCUT2D eigenvalue weighted by Crippen LogP contribution is -2.40. The first kappa shape index (κ1) is 18.7. The van der Waals surface area contributed by atoms with Gasteiger partial charge in [0.05, 0.1) is 26.4 Å². The number of sulfonamides is 1. The number of carbonyl (C=O) groups excluding carboxylic acids is 1. The molecule has 2 rings (SSSR count). The van der Waals surface area contributed by atoms with Gasteiger partial charge in [0.25, 0.3) is 5.91 Å². The number of amides is 1. The fourth-order valence-electron chi connectivity index (χ4n) is 2.28. The highest BCUT2D eigenvalue weighted by Crippen LogP contribution is 2.25.